The summed E-state index contributed by atoms with van der Waals surface area (Å²) in [6.07, 6.45) is 3.62. The van der Waals surface area contributed by atoms with Crippen LogP contribution in [0.5, 0.6) is 0 Å². The van der Waals surface area contributed by atoms with Gasteiger partial charge < -0.3 is 25.5 Å². The van der Waals surface area contributed by atoms with Gasteiger partial charge in [0.15, 0.2) is 0 Å². The summed E-state index contributed by atoms with van der Waals surface area (Å²) in [4.78, 5) is 0. The van der Waals surface area contributed by atoms with E-state index in [0.717, 1.165) is 32.1 Å². The molecule has 0 aromatic heterocycles. The molecule has 0 saturated heterocycles. The van der Waals surface area contributed by atoms with E-state index in [-0.39, 0.29) is 23.4 Å². The number of hydrogen-bond donors (Lipinski definition) is 5. The Bertz CT molecular complexity index is 581. The van der Waals surface area contributed by atoms with Gasteiger partial charge in [0.1, 0.15) is 5.60 Å². The fraction of sp³-hybridized carbons (Fsp3) is 1.00. The Labute approximate surface area is 156 Å². The first-order valence-corrected chi connectivity index (χ1v) is 10.5. The molecule has 4 aliphatic carbocycles. The number of aliphatic hydroxyl groups is 5. The predicted octanol–water partition coefficient (Wildman–Crippen LogP) is 1.59. The Morgan fingerprint density at radius 1 is 0.885 bits per heavy atom. The van der Waals surface area contributed by atoms with Crippen molar-refractivity contribution in [2.45, 2.75) is 102 Å². The molecule has 4 fully saturated rings. The van der Waals surface area contributed by atoms with Crippen LogP contribution in [0.15, 0.2) is 0 Å². The molecule has 0 heterocycles. The van der Waals surface area contributed by atoms with E-state index in [9.17, 15) is 25.5 Å². The summed E-state index contributed by atoms with van der Waals surface area (Å²) in [5, 5.41) is 54.8. The Morgan fingerprint density at radius 2 is 1.58 bits per heavy atom. The monoisotopic (exact) mass is 368 g/mol. The van der Waals surface area contributed by atoms with Crippen molar-refractivity contribution in [3.05, 3.63) is 0 Å². The molecule has 0 radical (unpaired) electrons. The summed E-state index contributed by atoms with van der Waals surface area (Å²) in [6, 6.07) is 0. The lowest BCUT2D eigenvalue weighted by molar-refractivity contribution is -0.286. The normalized spacial score (nSPS) is 60.7. The van der Waals surface area contributed by atoms with Gasteiger partial charge in [0.05, 0.1) is 29.3 Å². The minimum atomic E-state index is -1.47. The Balaban J connectivity index is 1.75. The first-order chi connectivity index (χ1) is 12.0. The van der Waals surface area contributed by atoms with Gasteiger partial charge in [-0.2, -0.15) is 0 Å². The molecule has 0 aromatic carbocycles. The molecule has 0 unspecified atom stereocenters. The first-order valence-electron chi connectivity index (χ1n) is 10.5. The molecular weight excluding hydrogens is 332 g/mol. The minimum Gasteiger partial charge on any atom is -0.393 e. The maximum atomic E-state index is 11.9. The van der Waals surface area contributed by atoms with Gasteiger partial charge >= 0.3 is 0 Å². The van der Waals surface area contributed by atoms with Gasteiger partial charge in [0.2, 0.25) is 0 Å². The fourth-order valence-corrected chi connectivity index (χ4v) is 7.92. The van der Waals surface area contributed by atoms with Crippen LogP contribution in [-0.2, 0) is 0 Å². The maximum Gasteiger partial charge on any atom is 0.101 e. The van der Waals surface area contributed by atoms with Crippen LogP contribution in [0.1, 0.15) is 72.1 Å². The third-order valence-electron chi connectivity index (χ3n) is 9.80. The van der Waals surface area contributed by atoms with Crippen molar-refractivity contribution in [1.82, 2.24) is 0 Å². The summed E-state index contributed by atoms with van der Waals surface area (Å²) in [5.74, 6) is 0.656. The number of rotatable bonds is 1. The summed E-state index contributed by atoms with van der Waals surface area (Å²) in [6.45, 7) is 5.64. The molecule has 5 heteroatoms. The summed E-state index contributed by atoms with van der Waals surface area (Å²) in [5.41, 5.74) is -3.73. The van der Waals surface area contributed by atoms with Crippen LogP contribution in [0, 0.1) is 28.6 Å². The number of aliphatic hydroxyl groups excluding tert-OH is 3. The van der Waals surface area contributed by atoms with E-state index < -0.39 is 28.8 Å². The third kappa shape index (κ3) is 2.04. The Morgan fingerprint density at radius 3 is 2.23 bits per heavy atom. The maximum absolute atomic E-state index is 11.9. The van der Waals surface area contributed by atoms with Gasteiger partial charge in [-0.1, -0.05) is 13.8 Å². The van der Waals surface area contributed by atoms with Crippen molar-refractivity contribution < 1.29 is 25.5 Å². The smallest absolute Gasteiger partial charge is 0.101 e. The summed E-state index contributed by atoms with van der Waals surface area (Å²) in [7, 11) is 0. The van der Waals surface area contributed by atoms with E-state index in [1.165, 1.54) is 0 Å². The van der Waals surface area contributed by atoms with E-state index in [4.69, 9.17) is 0 Å². The topological polar surface area (TPSA) is 101 Å². The van der Waals surface area contributed by atoms with Crippen LogP contribution in [-0.4, -0.2) is 55.0 Å². The Hall–Kier alpha value is -0.200. The Kier molecular flexibility index (Phi) is 4.17. The standard InChI is InChI=1S/C21H36O5/c1-12(22)20(25)8-9-21(26)15-5-4-13-10-14(23)6-7-18(13,2)16(15)11-17(24)19(20,21)3/h12-17,22-26H,4-11H2,1-3H3/t12-,13-,14-,15+,16-,17+,18-,19+,20+,21-/m0/s1. The molecule has 5 N–H and O–H groups in total. The van der Waals surface area contributed by atoms with Crippen LogP contribution in [0.2, 0.25) is 0 Å². The van der Waals surface area contributed by atoms with Crippen molar-refractivity contribution in [3.8, 4) is 0 Å². The molecule has 0 aliphatic heterocycles. The zero-order chi connectivity index (χ0) is 19.1. The second-order valence-corrected chi connectivity index (χ2v) is 10.4. The van der Waals surface area contributed by atoms with Crippen molar-refractivity contribution in [3.63, 3.8) is 0 Å². The quantitative estimate of drug-likeness (QED) is 0.484. The van der Waals surface area contributed by atoms with Crippen molar-refractivity contribution in [2.75, 3.05) is 0 Å². The average molecular weight is 369 g/mol. The van der Waals surface area contributed by atoms with Gasteiger partial charge in [0, 0.05) is 0 Å². The lowest BCUT2D eigenvalue weighted by Crippen LogP contribution is -2.71. The lowest BCUT2D eigenvalue weighted by atomic mass is 9.42. The predicted molar refractivity (Wildman–Crippen MR) is 97.2 cm³/mol. The zero-order valence-electron chi connectivity index (χ0n) is 16.4. The molecule has 4 aliphatic rings. The highest BCUT2D eigenvalue weighted by Crippen LogP contribution is 2.70. The molecule has 26 heavy (non-hydrogen) atoms. The van der Waals surface area contributed by atoms with Gasteiger partial charge in [-0.25, -0.2) is 0 Å². The van der Waals surface area contributed by atoms with Crippen LogP contribution in [0.4, 0.5) is 0 Å². The van der Waals surface area contributed by atoms with Crippen molar-refractivity contribution >= 4 is 0 Å². The second kappa shape index (κ2) is 5.66. The van der Waals surface area contributed by atoms with Crippen LogP contribution in [0.25, 0.3) is 0 Å². The van der Waals surface area contributed by atoms with Crippen LogP contribution < -0.4 is 0 Å². The largest absolute Gasteiger partial charge is 0.393 e. The fourth-order valence-electron chi connectivity index (χ4n) is 7.92. The molecule has 0 aromatic rings. The van der Waals surface area contributed by atoms with Crippen molar-refractivity contribution in [2.24, 2.45) is 28.6 Å². The molecule has 0 bridgehead atoms. The summed E-state index contributed by atoms with van der Waals surface area (Å²) >= 11 is 0. The highest BCUT2D eigenvalue weighted by Gasteiger charge is 2.75. The number of fused-ring (bicyclic) bond motifs is 5. The molecular formula is C21H36O5. The highest BCUT2D eigenvalue weighted by molar-refractivity contribution is 5.25. The van der Waals surface area contributed by atoms with E-state index in [1.54, 1.807) is 13.8 Å². The lowest BCUT2D eigenvalue weighted by Gasteiger charge is -2.65. The van der Waals surface area contributed by atoms with Gasteiger partial charge in [-0.15, -0.1) is 0 Å². The van der Waals surface area contributed by atoms with E-state index >= 15 is 0 Å². The van der Waals surface area contributed by atoms with Crippen LogP contribution in [0.3, 0.4) is 0 Å². The van der Waals surface area contributed by atoms with Gasteiger partial charge in [-0.3, -0.25) is 0 Å². The average Bonchev–Trinajstić information content (AvgIpc) is 2.80. The number of hydrogen-bond acceptors (Lipinski definition) is 5. The molecule has 4 saturated carbocycles. The van der Waals surface area contributed by atoms with Gasteiger partial charge in [-0.05, 0) is 81.5 Å². The molecule has 0 amide bonds. The minimum absolute atomic E-state index is 0.0196. The van der Waals surface area contributed by atoms with E-state index in [1.807, 2.05) is 0 Å². The van der Waals surface area contributed by atoms with E-state index in [0.29, 0.717) is 25.2 Å². The molecule has 5 nitrogen and oxygen atoms in total. The van der Waals surface area contributed by atoms with Gasteiger partial charge in [0.25, 0.3) is 0 Å². The summed E-state index contributed by atoms with van der Waals surface area (Å²) < 4.78 is 0. The SMILES string of the molecule is C[C@H](O)[C@]1(O)CC[C@]2(O)[C@@H]3CC[C@H]4C[C@@H](O)CC[C@]4(C)[C@H]3C[C@@H](O)[C@]12C. The molecule has 0 spiro atoms. The second-order valence-electron chi connectivity index (χ2n) is 10.4. The molecule has 4 rings (SSSR count). The molecule has 150 valence electrons. The van der Waals surface area contributed by atoms with E-state index in [2.05, 4.69) is 6.92 Å². The molecule has 10 atom stereocenters. The van der Waals surface area contributed by atoms with Crippen LogP contribution >= 0.6 is 0 Å². The highest BCUT2D eigenvalue weighted by atomic mass is 16.4. The first kappa shape index (κ1) is 19.1. The third-order valence-corrected chi connectivity index (χ3v) is 9.80. The zero-order valence-corrected chi connectivity index (χ0v) is 16.4. The van der Waals surface area contributed by atoms with Crippen molar-refractivity contribution in [1.29, 1.82) is 0 Å².